The zero-order valence-electron chi connectivity index (χ0n) is 7.66. The summed E-state index contributed by atoms with van der Waals surface area (Å²) >= 11 is 0. The van der Waals surface area contributed by atoms with Gasteiger partial charge in [-0.3, -0.25) is 0 Å². The van der Waals surface area contributed by atoms with E-state index in [-0.39, 0.29) is 12.0 Å². The van der Waals surface area contributed by atoms with Crippen LogP contribution in [-0.4, -0.2) is 21.9 Å². The highest BCUT2D eigenvalue weighted by Gasteiger charge is 2.21. The molecule has 0 aliphatic heterocycles. The fraction of sp³-hybridized carbons (Fsp3) is 0.750. The second kappa shape index (κ2) is 3.23. The van der Waals surface area contributed by atoms with Gasteiger partial charge >= 0.3 is 0 Å². The maximum atomic E-state index is 8.61. The third-order valence-electron chi connectivity index (χ3n) is 1.45. The van der Waals surface area contributed by atoms with E-state index in [4.69, 9.17) is 9.63 Å². The van der Waals surface area contributed by atoms with Gasteiger partial charge in [0, 0.05) is 11.8 Å². The van der Waals surface area contributed by atoms with Gasteiger partial charge in [0.15, 0.2) is 5.82 Å². The Morgan fingerprint density at radius 2 is 2.08 bits per heavy atom. The second-order valence-corrected chi connectivity index (χ2v) is 3.74. The van der Waals surface area contributed by atoms with Crippen molar-refractivity contribution in [2.24, 2.45) is 0 Å². The van der Waals surface area contributed by atoms with E-state index in [0.29, 0.717) is 18.1 Å². The lowest BCUT2D eigenvalue weighted by molar-refractivity contribution is 0.290. The number of nitrogens with zero attached hydrogens (tertiary/aromatic N) is 2. The van der Waals surface area contributed by atoms with Gasteiger partial charge in [-0.15, -0.1) is 0 Å². The van der Waals surface area contributed by atoms with Crippen molar-refractivity contribution in [3.63, 3.8) is 0 Å². The number of hydrogen-bond acceptors (Lipinski definition) is 4. The Labute approximate surface area is 71.6 Å². The fourth-order valence-electron chi connectivity index (χ4n) is 0.760. The second-order valence-electron chi connectivity index (χ2n) is 3.74. The van der Waals surface area contributed by atoms with E-state index in [1.165, 1.54) is 0 Å². The Morgan fingerprint density at radius 1 is 1.42 bits per heavy atom. The van der Waals surface area contributed by atoms with Crippen LogP contribution in [0.4, 0.5) is 0 Å². The summed E-state index contributed by atoms with van der Waals surface area (Å²) in [5.41, 5.74) is -0.110. The lowest BCUT2D eigenvalue weighted by Gasteiger charge is -2.10. The minimum absolute atomic E-state index is 0.0586. The molecule has 0 fully saturated rings. The summed E-state index contributed by atoms with van der Waals surface area (Å²) in [4.78, 5) is 4.13. The molecule has 0 saturated carbocycles. The van der Waals surface area contributed by atoms with E-state index in [2.05, 4.69) is 10.1 Å². The van der Waals surface area contributed by atoms with Crippen molar-refractivity contribution in [2.75, 3.05) is 6.61 Å². The monoisotopic (exact) mass is 170 g/mol. The molecular formula is C8H14N2O2. The van der Waals surface area contributed by atoms with Crippen LogP contribution in [0.5, 0.6) is 0 Å². The molecule has 0 bridgehead atoms. The molecule has 0 aromatic carbocycles. The number of aliphatic hydroxyl groups excluding tert-OH is 1. The Balaban J connectivity index is 2.77. The van der Waals surface area contributed by atoms with Crippen LogP contribution in [0.3, 0.4) is 0 Å². The molecule has 1 rings (SSSR count). The van der Waals surface area contributed by atoms with E-state index < -0.39 is 0 Å². The van der Waals surface area contributed by atoms with E-state index in [0.717, 1.165) is 0 Å². The van der Waals surface area contributed by atoms with Crippen molar-refractivity contribution in [3.8, 4) is 0 Å². The molecule has 0 saturated heterocycles. The van der Waals surface area contributed by atoms with Crippen LogP contribution in [0.15, 0.2) is 4.52 Å². The maximum absolute atomic E-state index is 8.61. The highest BCUT2D eigenvalue weighted by atomic mass is 16.5. The lowest BCUT2D eigenvalue weighted by atomic mass is 9.97. The third-order valence-corrected chi connectivity index (χ3v) is 1.45. The van der Waals surface area contributed by atoms with Gasteiger partial charge in [0.2, 0.25) is 5.89 Å². The van der Waals surface area contributed by atoms with E-state index >= 15 is 0 Å². The first-order valence-electron chi connectivity index (χ1n) is 3.98. The average Bonchev–Trinajstić information content (AvgIpc) is 2.35. The van der Waals surface area contributed by atoms with Crippen LogP contribution >= 0.6 is 0 Å². The molecule has 0 aliphatic rings. The van der Waals surface area contributed by atoms with Crippen molar-refractivity contribution < 1.29 is 9.63 Å². The predicted molar refractivity (Wildman–Crippen MR) is 43.8 cm³/mol. The largest absolute Gasteiger partial charge is 0.396 e. The molecule has 0 unspecified atom stereocenters. The average molecular weight is 170 g/mol. The standard InChI is InChI=1S/C8H14N2O2/c1-8(2,3)7-9-6(4-5-11)10-12-7/h11H,4-5H2,1-3H3. The summed E-state index contributed by atoms with van der Waals surface area (Å²) in [5.74, 6) is 1.19. The molecule has 0 spiro atoms. The SMILES string of the molecule is CC(C)(C)c1nc(CCO)no1. The summed E-state index contributed by atoms with van der Waals surface area (Å²) in [6.45, 7) is 6.07. The molecule has 0 radical (unpaired) electrons. The van der Waals surface area contributed by atoms with Crippen molar-refractivity contribution in [2.45, 2.75) is 32.6 Å². The third kappa shape index (κ3) is 2.04. The Morgan fingerprint density at radius 3 is 2.50 bits per heavy atom. The first-order chi connectivity index (χ1) is 5.54. The Kier molecular flexibility index (Phi) is 2.47. The predicted octanol–water partition coefficient (Wildman–Crippen LogP) is 0.902. The topological polar surface area (TPSA) is 59.2 Å². The molecule has 0 aliphatic carbocycles. The van der Waals surface area contributed by atoms with E-state index in [1.54, 1.807) is 0 Å². The van der Waals surface area contributed by atoms with Gasteiger partial charge in [-0.2, -0.15) is 4.98 Å². The number of aliphatic hydroxyl groups is 1. The van der Waals surface area contributed by atoms with Crippen LogP contribution in [0.1, 0.15) is 32.5 Å². The molecule has 1 heterocycles. The van der Waals surface area contributed by atoms with Gasteiger partial charge in [0.25, 0.3) is 0 Å². The molecular weight excluding hydrogens is 156 g/mol. The Bertz CT molecular complexity index is 250. The van der Waals surface area contributed by atoms with Crippen LogP contribution in [-0.2, 0) is 11.8 Å². The fourth-order valence-corrected chi connectivity index (χ4v) is 0.760. The number of hydrogen-bond donors (Lipinski definition) is 1. The highest BCUT2D eigenvalue weighted by molar-refractivity contribution is 4.98. The van der Waals surface area contributed by atoms with Gasteiger partial charge in [-0.1, -0.05) is 25.9 Å². The molecule has 12 heavy (non-hydrogen) atoms. The van der Waals surface area contributed by atoms with Gasteiger partial charge < -0.3 is 9.63 Å². The summed E-state index contributed by atoms with van der Waals surface area (Å²) in [7, 11) is 0. The number of rotatable bonds is 2. The normalized spacial score (nSPS) is 12.0. The first kappa shape index (κ1) is 9.19. The first-order valence-corrected chi connectivity index (χ1v) is 3.98. The molecule has 1 aromatic heterocycles. The van der Waals surface area contributed by atoms with Gasteiger partial charge in [-0.05, 0) is 0 Å². The van der Waals surface area contributed by atoms with E-state index in [9.17, 15) is 0 Å². The number of aromatic nitrogens is 2. The van der Waals surface area contributed by atoms with Gasteiger partial charge in [0.05, 0.1) is 6.61 Å². The molecule has 68 valence electrons. The van der Waals surface area contributed by atoms with Gasteiger partial charge in [0.1, 0.15) is 0 Å². The zero-order valence-corrected chi connectivity index (χ0v) is 7.66. The highest BCUT2D eigenvalue weighted by Crippen LogP contribution is 2.19. The molecule has 0 atom stereocenters. The molecule has 4 heteroatoms. The van der Waals surface area contributed by atoms with Crippen LogP contribution in [0.25, 0.3) is 0 Å². The molecule has 0 amide bonds. The molecule has 1 N–H and O–H groups in total. The zero-order chi connectivity index (χ0) is 9.19. The maximum Gasteiger partial charge on any atom is 0.232 e. The molecule has 1 aromatic rings. The van der Waals surface area contributed by atoms with Crippen molar-refractivity contribution in [1.29, 1.82) is 0 Å². The van der Waals surface area contributed by atoms with Crippen LogP contribution in [0.2, 0.25) is 0 Å². The van der Waals surface area contributed by atoms with E-state index in [1.807, 2.05) is 20.8 Å². The summed E-state index contributed by atoms with van der Waals surface area (Å²) in [5, 5.41) is 12.3. The van der Waals surface area contributed by atoms with Gasteiger partial charge in [-0.25, -0.2) is 0 Å². The minimum Gasteiger partial charge on any atom is -0.396 e. The van der Waals surface area contributed by atoms with Crippen molar-refractivity contribution in [3.05, 3.63) is 11.7 Å². The quantitative estimate of drug-likeness (QED) is 0.716. The Hall–Kier alpha value is -0.900. The van der Waals surface area contributed by atoms with Crippen LogP contribution in [0, 0.1) is 0 Å². The summed E-state index contributed by atoms with van der Waals surface area (Å²) in [6.07, 6.45) is 0.458. The molecule has 4 nitrogen and oxygen atoms in total. The minimum atomic E-state index is -0.110. The van der Waals surface area contributed by atoms with Crippen molar-refractivity contribution in [1.82, 2.24) is 10.1 Å². The van der Waals surface area contributed by atoms with Crippen LogP contribution < -0.4 is 0 Å². The van der Waals surface area contributed by atoms with Crippen molar-refractivity contribution >= 4 is 0 Å². The summed E-state index contributed by atoms with van der Waals surface area (Å²) in [6, 6.07) is 0. The lowest BCUT2D eigenvalue weighted by Crippen LogP contribution is -2.11. The smallest absolute Gasteiger partial charge is 0.232 e. The summed E-state index contributed by atoms with van der Waals surface area (Å²) < 4.78 is 5.01.